The quantitative estimate of drug-likeness (QED) is 0.845. The van der Waals surface area contributed by atoms with Crippen LogP contribution in [0.2, 0.25) is 0 Å². The van der Waals surface area contributed by atoms with Gasteiger partial charge in [-0.05, 0) is 30.9 Å². The predicted molar refractivity (Wildman–Crippen MR) is 75.0 cm³/mol. The first-order chi connectivity index (χ1) is 8.49. The molecule has 0 aromatic heterocycles. The first-order valence-corrected chi connectivity index (χ1v) is 6.41. The number of hydrogen-bond acceptors (Lipinski definition) is 3. The van der Waals surface area contributed by atoms with Crippen molar-refractivity contribution in [2.24, 2.45) is 11.7 Å². The van der Waals surface area contributed by atoms with Gasteiger partial charge in [-0.25, -0.2) is 0 Å². The lowest BCUT2D eigenvalue weighted by Gasteiger charge is -2.26. The molecule has 0 aliphatic heterocycles. The lowest BCUT2D eigenvalue weighted by atomic mass is 9.93. The molecule has 3 heteroatoms. The Morgan fingerprint density at radius 1 is 1.22 bits per heavy atom. The van der Waals surface area contributed by atoms with Gasteiger partial charge in [-0.15, -0.1) is 0 Å². The molecular formula is C15H25NO2. The number of rotatable bonds is 6. The van der Waals surface area contributed by atoms with Crippen LogP contribution in [0.1, 0.15) is 25.0 Å². The molecule has 0 aliphatic carbocycles. The van der Waals surface area contributed by atoms with E-state index in [1.54, 1.807) is 14.2 Å². The summed E-state index contributed by atoms with van der Waals surface area (Å²) in [5.41, 5.74) is 8.62. The van der Waals surface area contributed by atoms with Gasteiger partial charge in [0.25, 0.3) is 0 Å². The van der Waals surface area contributed by atoms with E-state index in [0.29, 0.717) is 5.92 Å². The van der Waals surface area contributed by atoms with Crippen LogP contribution in [0.15, 0.2) is 18.2 Å². The fraction of sp³-hybridized carbons (Fsp3) is 0.600. The van der Waals surface area contributed by atoms with Gasteiger partial charge in [0, 0.05) is 13.2 Å². The number of ether oxygens (including phenoxy) is 2. The van der Waals surface area contributed by atoms with Crippen molar-refractivity contribution in [2.45, 2.75) is 39.3 Å². The van der Waals surface area contributed by atoms with Crippen LogP contribution in [0.5, 0.6) is 5.75 Å². The minimum absolute atomic E-state index is 0.0225. The lowest BCUT2D eigenvalue weighted by molar-refractivity contribution is 0.0440. The number of aryl methyl sites for hydroxylation is 1. The van der Waals surface area contributed by atoms with Gasteiger partial charge in [-0.2, -0.15) is 0 Å². The average molecular weight is 251 g/mol. The Morgan fingerprint density at radius 2 is 1.89 bits per heavy atom. The van der Waals surface area contributed by atoms with Gasteiger partial charge in [-0.1, -0.05) is 31.5 Å². The number of hydrogen-bond donors (Lipinski definition) is 1. The predicted octanol–water partition coefficient (Wildman–Crippen LogP) is 2.54. The molecule has 0 saturated heterocycles. The molecule has 0 amide bonds. The van der Waals surface area contributed by atoms with E-state index >= 15 is 0 Å². The maximum atomic E-state index is 6.25. The highest BCUT2D eigenvalue weighted by atomic mass is 16.5. The third kappa shape index (κ3) is 3.72. The molecular weight excluding hydrogens is 226 g/mol. The van der Waals surface area contributed by atoms with Crippen molar-refractivity contribution in [2.75, 3.05) is 14.2 Å². The maximum Gasteiger partial charge on any atom is 0.122 e. The molecule has 2 N–H and O–H groups in total. The van der Waals surface area contributed by atoms with Crippen molar-refractivity contribution in [1.29, 1.82) is 0 Å². The molecule has 0 heterocycles. The van der Waals surface area contributed by atoms with E-state index in [9.17, 15) is 0 Å². The van der Waals surface area contributed by atoms with Gasteiger partial charge < -0.3 is 15.2 Å². The molecule has 102 valence electrons. The van der Waals surface area contributed by atoms with Gasteiger partial charge in [0.15, 0.2) is 0 Å². The molecule has 2 unspecified atom stereocenters. The third-order valence-corrected chi connectivity index (χ3v) is 3.24. The Kier molecular flexibility index (Phi) is 5.63. The summed E-state index contributed by atoms with van der Waals surface area (Å²) in [5, 5.41) is 0. The Labute approximate surface area is 110 Å². The minimum Gasteiger partial charge on any atom is -0.496 e. The summed E-state index contributed by atoms with van der Waals surface area (Å²) in [6.07, 6.45) is 0.830. The fourth-order valence-corrected chi connectivity index (χ4v) is 2.38. The summed E-state index contributed by atoms with van der Waals surface area (Å²) in [6, 6.07) is 6.15. The summed E-state index contributed by atoms with van der Waals surface area (Å²) in [5.74, 6) is 1.30. The zero-order chi connectivity index (χ0) is 13.7. The summed E-state index contributed by atoms with van der Waals surface area (Å²) >= 11 is 0. The highest BCUT2D eigenvalue weighted by Gasteiger charge is 2.22. The standard InChI is InChI=1S/C15H25NO2/c1-10(2)15(18-5)13(16)9-12-8-11(3)6-7-14(12)17-4/h6-8,10,13,15H,9,16H2,1-5H3. The number of methoxy groups -OCH3 is 2. The van der Waals surface area contributed by atoms with E-state index in [-0.39, 0.29) is 12.1 Å². The van der Waals surface area contributed by atoms with Crippen molar-refractivity contribution in [3.8, 4) is 5.75 Å². The van der Waals surface area contributed by atoms with Gasteiger partial charge >= 0.3 is 0 Å². The van der Waals surface area contributed by atoms with E-state index in [1.165, 1.54) is 5.56 Å². The molecule has 0 spiro atoms. The molecule has 3 nitrogen and oxygen atoms in total. The normalized spacial score (nSPS) is 14.6. The van der Waals surface area contributed by atoms with Gasteiger partial charge in [0.05, 0.1) is 13.2 Å². The van der Waals surface area contributed by atoms with Crippen molar-refractivity contribution in [3.63, 3.8) is 0 Å². The topological polar surface area (TPSA) is 44.5 Å². The van der Waals surface area contributed by atoms with Crippen LogP contribution in [0.25, 0.3) is 0 Å². The van der Waals surface area contributed by atoms with Gasteiger partial charge in [0.1, 0.15) is 5.75 Å². The van der Waals surface area contributed by atoms with Crippen molar-refractivity contribution < 1.29 is 9.47 Å². The average Bonchev–Trinajstić information content (AvgIpc) is 2.29. The molecule has 0 aliphatic rings. The molecule has 1 rings (SSSR count). The molecule has 0 saturated carbocycles. The van der Waals surface area contributed by atoms with Crippen LogP contribution in [-0.4, -0.2) is 26.4 Å². The van der Waals surface area contributed by atoms with Crippen LogP contribution >= 0.6 is 0 Å². The Balaban J connectivity index is 2.86. The minimum atomic E-state index is -0.0225. The zero-order valence-corrected chi connectivity index (χ0v) is 12.1. The molecule has 2 atom stereocenters. The molecule has 0 fully saturated rings. The van der Waals surface area contributed by atoms with Crippen molar-refractivity contribution >= 4 is 0 Å². The monoisotopic (exact) mass is 251 g/mol. The number of benzene rings is 1. The summed E-state index contributed by atoms with van der Waals surface area (Å²) in [7, 11) is 3.41. The van der Waals surface area contributed by atoms with E-state index in [1.807, 2.05) is 12.1 Å². The van der Waals surface area contributed by atoms with E-state index in [2.05, 4.69) is 26.8 Å². The smallest absolute Gasteiger partial charge is 0.122 e. The van der Waals surface area contributed by atoms with Crippen LogP contribution in [0.4, 0.5) is 0 Å². The zero-order valence-electron chi connectivity index (χ0n) is 12.1. The molecule has 0 bridgehead atoms. The van der Waals surface area contributed by atoms with Crippen LogP contribution in [-0.2, 0) is 11.2 Å². The maximum absolute atomic E-state index is 6.25. The Bertz CT molecular complexity index is 377. The Morgan fingerprint density at radius 3 is 2.39 bits per heavy atom. The number of nitrogens with two attached hydrogens (primary N) is 1. The lowest BCUT2D eigenvalue weighted by Crippen LogP contribution is -2.41. The van der Waals surface area contributed by atoms with Crippen LogP contribution in [0.3, 0.4) is 0 Å². The molecule has 1 aromatic carbocycles. The van der Waals surface area contributed by atoms with Crippen LogP contribution in [0, 0.1) is 12.8 Å². The summed E-state index contributed by atoms with van der Waals surface area (Å²) in [4.78, 5) is 0. The first kappa shape index (κ1) is 15.0. The first-order valence-electron chi connectivity index (χ1n) is 6.41. The van der Waals surface area contributed by atoms with Crippen molar-refractivity contribution in [1.82, 2.24) is 0 Å². The second kappa shape index (κ2) is 6.76. The summed E-state index contributed by atoms with van der Waals surface area (Å²) < 4.78 is 10.9. The van der Waals surface area contributed by atoms with E-state index in [0.717, 1.165) is 17.7 Å². The SMILES string of the molecule is COc1ccc(C)cc1CC(N)C(OC)C(C)C. The highest BCUT2D eigenvalue weighted by molar-refractivity contribution is 5.37. The second-order valence-electron chi connectivity index (χ2n) is 5.13. The van der Waals surface area contributed by atoms with Gasteiger partial charge in [-0.3, -0.25) is 0 Å². The molecule has 0 radical (unpaired) electrons. The molecule has 18 heavy (non-hydrogen) atoms. The summed E-state index contributed by atoms with van der Waals surface area (Å²) in [6.45, 7) is 6.33. The van der Waals surface area contributed by atoms with Crippen molar-refractivity contribution in [3.05, 3.63) is 29.3 Å². The fourth-order valence-electron chi connectivity index (χ4n) is 2.38. The van der Waals surface area contributed by atoms with E-state index < -0.39 is 0 Å². The second-order valence-corrected chi connectivity index (χ2v) is 5.13. The van der Waals surface area contributed by atoms with E-state index in [4.69, 9.17) is 15.2 Å². The van der Waals surface area contributed by atoms with Crippen LogP contribution < -0.4 is 10.5 Å². The van der Waals surface area contributed by atoms with Gasteiger partial charge in [0.2, 0.25) is 0 Å². The molecule has 1 aromatic rings. The highest BCUT2D eigenvalue weighted by Crippen LogP contribution is 2.23. The largest absolute Gasteiger partial charge is 0.496 e. The Hall–Kier alpha value is -1.06. The third-order valence-electron chi connectivity index (χ3n) is 3.24.